The summed E-state index contributed by atoms with van der Waals surface area (Å²) < 4.78 is 5.25. The molecule has 2 aromatic rings. The van der Waals surface area contributed by atoms with Crippen molar-refractivity contribution in [3.63, 3.8) is 0 Å². The predicted molar refractivity (Wildman–Crippen MR) is 103 cm³/mol. The number of hydrogen-bond donors (Lipinski definition) is 3. The Kier molecular flexibility index (Phi) is 5.38. The molecule has 2 aliphatic rings. The molecule has 7 heteroatoms. The average molecular weight is 381 g/mol. The molecule has 0 radical (unpaired) electrons. The van der Waals surface area contributed by atoms with E-state index < -0.39 is 24.5 Å². The Labute approximate surface area is 163 Å². The first kappa shape index (κ1) is 18.6. The van der Waals surface area contributed by atoms with E-state index in [0.29, 0.717) is 26.3 Å². The maximum absolute atomic E-state index is 13.1. The highest BCUT2D eigenvalue weighted by Crippen LogP contribution is 2.44. The Morgan fingerprint density at radius 3 is 2.18 bits per heavy atom. The fraction of sp³-hybridized carbons (Fsp3) is 0.333. The zero-order valence-electron chi connectivity index (χ0n) is 15.4. The summed E-state index contributed by atoms with van der Waals surface area (Å²) in [5.74, 6) is -1.23. The summed E-state index contributed by atoms with van der Waals surface area (Å²) in [6, 6.07) is 14.5. The maximum atomic E-state index is 13.1. The van der Waals surface area contributed by atoms with Crippen molar-refractivity contribution in [3.8, 4) is 11.1 Å². The molecule has 1 unspecified atom stereocenters. The van der Waals surface area contributed by atoms with Gasteiger partial charge in [0.15, 0.2) is 0 Å². The van der Waals surface area contributed by atoms with Gasteiger partial charge in [0.25, 0.3) is 5.91 Å². The largest absolute Gasteiger partial charge is 0.394 e. The summed E-state index contributed by atoms with van der Waals surface area (Å²) in [6.45, 7) is 1.73. The summed E-state index contributed by atoms with van der Waals surface area (Å²) >= 11 is 0. The molecule has 1 aliphatic carbocycles. The Bertz CT molecular complexity index is 834. The van der Waals surface area contributed by atoms with Crippen molar-refractivity contribution in [3.05, 3.63) is 59.7 Å². The fourth-order valence-electron chi connectivity index (χ4n) is 3.80. The molecule has 3 N–H and O–H groups in total. The van der Waals surface area contributed by atoms with Crippen LogP contribution in [-0.4, -0.2) is 60.9 Å². The van der Waals surface area contributed by atoms with Crippen LogP contribution in [0.1, 0.15) is 17.0 Å². The molecule has 0 spiro atoms. The molecule has 2 aromatic carbocycles. The minimum absolute atomic E-state index is 0.298. The number of nitrogens with zero attached hydrogens (tertiary/aromatic N) is 1. The van der Waals surface area contributed by atoms with Gasteiger partial charge in [0, 0.05) is 13.1 Å². The van der Waals surface area contributed by atoms with Gasteiger partial charge in [-0.1, -0.05) is 48.5 Å². The Morgan fingerprint density at radius 2 is 1.61 bits per heavy atom. The number of nitrogens with one attached hydrogen (secondary N) is 2. The molecule has 7 nitrogen and oxygen atoms in total. The Balaban J connectivity index is 1.51. The number of rotatable bonds is 5. The van der Waals surface area contributed by atoms with Gasteiger partial charge in [-0.2, -0.15) is 0 Å². The zero-order valence-corrected chi connectivity index (χ0v) is 15.4. The van der Waals surface area contributed by atoms with Crippen LogP contribution in [0.3, 0.4) is 0 Å². The molecule has 1 heterocycles. The summed E-state index contributed by atoms with van der Waals surface area (Å²) in [6.07, 6.45) is 0. The Hall–Kier alpha value is -2.74. The molecule has 146 valence electrons. The van der Waals surface area contributed by atoms with Gasteiger partial charge in [-0.25, -0.2) is 5.01 Å². The molecule has 2 amide bonds. The van der Waals surface area contributed by atoms with Crippen molar-refractivity contribution in [2.75, 3.05) is 32.9 Å². The first-order valence-electron chi connectivity index (χ1n) is 9.41. The van der Waals surface area contributed by atoms with E-state index in [-0.39, 0.29) is 5.91 Å². The van der Waals surface area contributed by atoms with Gasteiger partial charge in [0.05, 0.1) is 25.7 Å². The molecule has 28 heavy (non-hydrogen) atoms. The van der Waals surface area contributed by atoms with Crippen LogP contribution in [0.25, 0.3) is 11.1 Å². The Morgan fingerprint density at radius 1 is 1.04 bits per heavy atom. The van der Waals surface area contributed by atoms with Crippen LogP contribution in [-0.2, 0) is 14.3 Å². The van der Waals surface area contributed by atoms with Crippen molar-refractivity contribution < 1.29 is 19.4 Å². The lowest BCUT2D eigenvalue weighted by Crippen LogP contribution is -2.56. The van der Waals surface area contributed by atoms with Crippen LogP contribution in [0.5, 0.6) is 0 Å². The first-order valence-corrected chi connectivity index (χ1v) is 9.41. The van der Waals surface area contributed by atoms with Crippen LogP contribution in [0.15, 0.2) is 48.5 Å². The SMILES string of the molecule is O=C(NN1CCOCC1)C(CO)NC(=O)C1c2ccccc2-c2ccccc21. The fourth-order valence-corrected chi connectivity index (χ4v) is 3.80. The number of morpholine rings is 1. The molecule has 0 bridgehead atoms. The van der Waals surface area contributed by atoms with Crippen LogP contribution in [0.2, 0.25) is 0 Å². The highest BCUT2D eigenvalue weighted by molar-refractivity contribution is 5.98. The number of carbonyl (C=O) groups excluding carboxylic acids is 2. The second-order valence-electron chi connectivity index (χ2n) is 6.93. The monoisotopic (exact) mass is 381 g/mol. The minimum Gasteiger partial charge on any atom is -0.394 e. The molecule has 1 aliphatic heterocycles. The molecular weight excluding hydrogens is 358 g/mol. The number of benzene rings is 2. The standard InChI is InChI=1S/C21H23N3O4/c25-13-18(20(26)23-24-9-11-28-12-10-24)22-21(27)19-16-7-3-1-5-14(16)15-6-2-4-8-17(15)19/h1-8,18-19,25H,9-13H2,(H,22,27)(H,23,26). The molecule has 1 fully saturated rings. The van der Waals surface area contributed by atoms with Gasteiger partial charge >= 0.3 is 0 Å². The lowest BCUT2D eigenvalue weighted by molar-refractivity contribution is -0.135. The van der Waals surface area contributed by atoms with E-state index in [4.69, 9.17) is 4.74 Å². The number of aliphatic hydroxyl groups is 1. The third-order valence-electron chi connectivity index (χ3n) is 5.19. The molecular formula is C21H23N3O4. The molecule has 0 aromatic heterocycles. The van der Waals surface area contributed by atoms with E-state index >= 15 is 0 Å². The van der Waals surface area contributed by atoms with Crippen LogP contribution < -0.4 is 10.7 Å². The van der Waals surface area contributed by atoms with Crippen LogP contribution in [0, 0.1) is 0 Å². The number of aliphatic hydroxyl groups excluding tert-OH is 1. The van der Waals surface area contributed by atoms with E-state index in [1.165, 1.54) is 0 Å². The number of ether oxygens (including phenoxy) is 1. The molecule has 0 saturated carbocycles. The van der Waals surface area contributed by atoms with Gasteiger partial charge in [0.2, 0.25) is 5.91 Å². The van der Waals surface area contributed by atoms with Crippen molar-refractivity contribution in [1.29, 1.82) is 0 Å². The lowest BCUT2D eigenvalue weighted by Gasteiger charge is -2.29. The first-order chi connectivity index (χ1) is 13.7. The van der Waals surface area contributed by atoms with Crippen molar-refractivity contribution >= 4 is 11.8 Å². The number of hydrazine groups is 1. The normalized spacial score (nSPS) is 17.5. The quantitative estimate of drug-likeness (QED) is 0.707. The number of fused-ring (bicyclic) bond motifs is 3. The second-order valence-corrected chi connectivity index (χ2v) is 6.93. The highest BCUT2D eigenvalue weighted by Gasteiger charge is 2.35. The highest BCUT2D eigenvalue weighted by atomic mass is 16.5. The summed E-state index contributed by atoms with van der Waals surface area (Å²) in [5, 5.41) is 14.1. The van der Waals surface area contributed by atoms with Gasteiger partial charge in [-0.05, 0) is 22.3 Å². The van der Waals surface area contributed by atoms with Gasteiger partial charge in [0.1, 0.15) is 6.04 Å². The van der Waals surface area contributed by atoms with E-state index in [9.17, 15) is 14.7 Å². The maximum Gasteiger partial charge on any atom is 0.259 e. The minimum atomic E-state index is -1.02. The molecule has 1 atom stereocenters. The van der Waals surface area contributed by atoms with Gasteiger partial charge < -0.3 is 15.2 Å². The van der Waals surface area contributed by atoms with Crippen molar-refractivity contribution in [2.45, 2.75) is 12.0 Å². The van der Waals surface area contributed by atoms with Crippen molar-refractivity contribution in [2.24, 2.45) is 0 Å². The van der Waals surface area contributed by atoms with E-state index in [0.717, 1.165) is 22.3 Å². The van der Waals surface area contributed by atoms with Gasteiger partial charge in [-0.15, -0.1) is 0 Å². The van der Waals surface area contributed by atoms with Crippen molar-refractivity contribution in [1.82, 2.24) is 15.8 Å². The molecule has 4 rings (SSSR count). The molecule has 1 saturated heterocycles. The van der Waals surface area contributed by atoms with E-state index in [2.05, 4.69) is 10.7 Å². The second kappa shape index (κ2) is 8.10. The zero-order chi connectivity index (χ0) is 19.5. The summed E-state index contributed by atoms with van der Waals surface area (Å²) in [5.41, 5.74) is 6.61. The summed E-state index contributed by atoms with van der Waals surface area (Å²) in [4.78, 5) is 25.6. The van der Waals surface area contributed by atoms with Crippen LogP contribution in [0.4, 0.5) is 0 Å². The predicted octanol–water partition coefficient (Wildman–Crippen LogP) is 0.639. The van der Waals surface area contributed by atoms with Crippen LogP contribution >= 0.6 is 0 Å². The third kappa shape index (κ3) is 3.52. The lowest BCUT2D eigenvalue weighted by atomic mass is 9.95. The van der Waals surface area contributed by atoms with E-state index in [1.54, 1.807) is 5.01 Å². The third-order valence-corrected chi connectivity index (χ3v) is 5.19. The topological polar surface area (TPSA) is 90.9 Å². The van der Waals surface area contributed by atoms with E-state index in [1.807, 2.05) is 48.5 Å². The smallest absolute Gasteiger partial charge is 0.259 e. The number of amides is 2. The number of hydrogen-bond acceptors (Lipinski definition) is 5. The average Bonchev–Trinajstić information content (AvgIpc) is 3.07. The van der Waals surface area contributed by atoms with Gasteiger partial charge in [-0.3, -0.25) is 15.0 Å². The summed E-state index contributed by atoms with van der Waals surface area (Å²) in [7, 11) is 0. The number of carbonyl (C=O) groups is 2.